The molecular weight excluding hydrogens is 269 g/mol. The van der Waals surface area contributed by atoms with E-state index in [0.29, 0.717) is 19.8 Å². The number of ether oxygens (including phenoxy) is 1. The Bertz CT molecular complexity index is 273. The molecule has 0 aromatic rings. The number of phosphoric ester groups is 1. The second-order valence-corrected chi connectivity index (χ2v) is 6.52. The molecule has 0 rings (SSSR count). The monoisotopic (exact) mass is 298 g/mol. The molecule has 0 heterocycles. The molecule has 6 nitrogen and oxygen atoms in total. The first-order valence-electron chi connectivity index (χ1n) is 6.84. The quantitative estimate of drug-likeness (QED) is 0.339. The van der Waals surface area contributed by atoms with Crippen molar-refractivity contribution < 1.29 is 27.7 Å². The Hall–Kier alpha value is 0.0300. The number of rotatable bonds is 12. The average molecular weight is 298 g/mol. The van der Waals surface area contributed by atoms with Gasteiger partial charge in [0.15, 0.2) is 0 Å². The summed E-state index contributed by atoms with van der Waals surface area (Å²) in [6.07, 6.45) is 2.27. The van der Waals surface area contributed by atoms with Gasteiger partial charge in [-0.15, -0.1) is 0 Å². The van der Waals surface area contributed by atoms with Gasteiger partial charge in [-0.05, 0) is 13.3 Å². The fraction of sp³-hybridized carbons (Fsp3) is 1.00. The zero-order chi connectivity index (χ0) is 14.8. The summed E-state index contributed by atoms with van der Waals surface area (Å²) >= 11 is 0. The third-order valence-electron chi connectivity index (χ3n) is 2.75. The normalized spacial score (nSPS) is 15.4. The zero-order valence-corrected chi connectivity index (χ0v) is 13.5. The molecule has 0 saturated heterocycles. The molecule has 0 aliphatic heterocycles. The Kier molecular flexibility index (Phi) is 9.87. The molecule has 0 spiro atoms. The Morgan fingerprint density at radius 3 is 2.26 bits per heavy atom. The molecule has 0 bridgehead atoms. The first-order valence-corrected chi connectivity index (χ1v) is 8.34. The first-order chi connectivity index (χ1) is 8.83. The van der Waals surface area contributed by atoms with Gasteiger partial charge in [0.25, 0.3) is 0 Å². The summed E-state index contributed by atoms with van der Waals surface area (Å²) in [5.74, 6) is 0. The van der Waals surface area contributed by atoms with E-state index in [1.165, 1.54) is 0 Å². The SMILES string of the molecule is CCCC[N+](C)(C)CCOP(=O)(O)OCCOCC. The van der Waals surface area contributed by atoms with Crippen molar-refractivity contribution in [1.29, 1.82) is 0 Å². The molecule has 1 unspecified atom stereocenters. The molecule has 1 N–H and O–H groups in total. The van der Waals surface area contributed by atoms with E-state index in [1.807, 2.05) is 6.92 Å². The fourth-order valence-corrected chi connectivity index (χ4v) is 2.19. The van der Waals surface area contributed by atoms with Crippen LogP contribution in [0.1, 0.15) is 26.7 Å². The lowest BCUT2D eigenvalue weighted by Gasteiger charge is -2.29. The Balaban J connectivity index is 3.81. The molecular formula is C12H29NO5P+. The number of phosphoric acid groups is 1. The maximum Gasteiger partial charge on any atom is 0.472 e. The molecule has 116 valence electrons. The summed E-state index contributed by atoms with van der Waals surface area (Å²) in [7, 11) is 0.227. The van der Waals surface area contributed by atoms with Gasteiger partial charge in [-0.1, -0.05) is 13.3 Å². The van der Waals surface area contributed by atoms with Crippen molar-refractivity contribution >= 4 is 7.82 Å². The van der Waals surface area contributed by atoms with Crippen LogP contribution in [0.2, 0.25) is 0 Å². The molecule has 0 amide bonds. The number of likely N-dealkylation sites (N-methyl/N-ethyl adjacent to an activating group) is 1. The highest BCUT2D eigenvalue weighted by atomic mass is 31.2. The van der Waals surface area contributed by atoms with Crippen LogP contribution >= 0.6 is 7.82 Å². The molecule has 0 aliphatic carbocycles. The minimum atomic E-state index is -3.93. The number of quaternary nitrogens is 1. The maximum absolute atomic E-state index is 11.5. The lowest BCUT2D eigenvalue weighted by Crippen LogP contribution is -2.42. The first kappa shape index (κ1) is 19.0. The highest BCUT2D eigenvalue weighted by molar-refractivity contribution is 7.47. The fourth-order valence-electron chi connectivity index (χ4n) is 1.49. The Labute approximate surface area is 116 Å². The van der Waals surface area contributed by atoms with Crippen molar-refractivity contribution in [2.24, 2.45) is 0 Å². The second kappa shape index (κ2) is 9.86. The van der Waals surface area contributed by atoms with Crippen LogP contribution in [0.15, 0.2) is 0 Å². The predicted octanol–water partition coefficient (Wildman–Crippen LogP) is 2.03. The van der Waals surface area contributed by atoms with Crippen molar-refractivity contribution in [3.8, 4) is 0 Å². The lowest BCUT2D eigenvalue weighted by molar-refractivity contribution is -0.890. The van der Waals surface area contributed by atoms with Gasteiger partial charge in [-0.2, -0.15) is 0 Å². The summed E-state index contributed by atoms with van der Waals surface area (Å²) in [5.41, 5.74) is 0. The molecule has 0 fully saturated rings. The summed E-state index contributed by atoms with van der Waals surface area (Å²) < 4.78 is 27.0. The van der Waals surface area contributed by atoms with Crippen LogP contribution in [-0.2, 0) is 18.3 Å². The predicted molar refractivity (Wildman–Crippen MR) is 75.0 cm³/mol. The molecule has 0 aromatic heterocycles. The summed E-state index contributed by atoms with van der Waals surface area (Å²) in [6, 6.07) is 0. The topological polar surface area (TPSA) is 65.0 Å². The number of unbranched alkanes of at least 4 members (excludes halogenated alkanes) is 1. The molecule has 0 aliphatic rings. The van der Waals surface area contributed by atoms with Crippen LogP contribution in [0.25, 0.3) is 0 Å². The van der Waals surface area contributed by atoms with Crippen LogP contribution in [0.5, 0.6) is 0 Å². The van der Waals surface area contributed by atoms with Gasteiger partial charge in [0.05, 0.1) is 33.9 Å². The van der Waals surface area contributed by atoms with E-state index in [9.17, 15) is 9.46 Å². The van der Waals surface area contributed by atoms with E-state index in [-0.39, 0.29) is 13.2 Å². The van der Waals surface area contributed by atoms with Crippen LogP contribution < -0.4 is 0 Å². The molecule has 0 aromatic carbocycles. The van der Waals surface area contributed by atoms with Gasteiger partial charge < -0.3 is 14.1 Å². The van der Waals surface area contributed by atoms with Crippen LogP contribution in [0, 0.1) is 0 Å². The minimum Gasteiger partial charge on any atom is -0.379 e. The number of hydrogen-bond acceptors (Lipinski definition) is 4. The molecule has 7 heteroatoms. The van der Waals surface area contributed by atoms with E-state index in [0.717, 1.165) is 23.9 Å². The smallest absolute Gasteiger partial charge is 0.379 e. The van der Waals surface area contributed by atoms with Crippen molar-refractivity contribution in [3.05, 3.63) is 0 Å². The minimum absolute atomic E-state index is 0.0652. The van der Waals surface area contributed by atoms with Crippen molar-refractivity contribution in [2.45, 2.75) is 26.7 Å². The van der Waals surface area contributed by atoms with E-state index >= 15 is 0 Å². The lowest BCUT2D eigenvalue weighted by atomic mass is 10.3. The van der Waals surface area contributed by atoms with Crippen LogP contribution in [0.3, 0.4) is 0 Å². The summed E-state index contributed by atoms with van der Waals surface area (Å²) in [5, 5.41) is 0. The van der Waals surface area contributed by atoms with E-state index in [2.05, 4.69) is 21.0 Å². The van der Waals surface area contributed by atoms with Gasteiger partial charge in [0.2, 0.25) is 0 Å². The number of nitrogens with zero attached hydrogens (tertiary/aromatic N) is 1. The van der Waals surface area contributed by atoms with Gasteiger partial charge in [0, 0.05) is 6.61 Å². The standard InChI is InChI=1S/C12H28NO5P/c1-5-7-8-13(3,4)9-10-17-19(14,15)18-12-11-16-6-2/h5-12H2,1-4H3/p+1. The summed E-state index contributed by atoms with van der Waals surface area (Å²) in [6.45, 7) is 6.83. The number of hydrogen-bond donors (Lipinski definition) is 1. The van der Waals surface area contributed by atoms with E-state index in [1.54, 1.807) is 0 Å². The Morgan fingerprint density at radius 1 is 1.05 bits per heavy atom. The molecule has 1 atom stereocenters. The second-order valence-electron chi connectivity index (χ2n) is 5.07. The van der Waals surface area contributed by atoms with Crippen molar-refractivity contribution in [2.75, 3.05) is 53.6 Å². The van der Waals surface area contributed by atoms with E-state index < -0.39 is 7.82 Å². The highest BCUT2D eigenvalue weighted by Crippen LogP contribution is 2.42. The van der Waals surface area contributed by atoms with Crippen LogP contribution in [0.4, 0.5) is 0 Å². The molecule has 0 radical (unpaired) electrons. The third kappa shape index (κ3) is 11.5. The average Bonchev–Trinajstić information content (AvgIpc) is 2.32. The van der Waals surface area contributed by atoms with Crippen LogP contribution in [-0.4, -0.2) is 63.0 Å². The Morgan fingerprint density at radius 2 is 1.68 bits per heavy atom. The molecule has 19 heavy (non-hydrogen) atoms. The van der Waals surface area contributed by atoms with Crippen molar-refractivity contribution in [3.63, 3.8) is 0 Å². The zero-order valence-electron chi connectivity index (χ0n) is 12.6. The molecule has 0 saturated carbocycles. The van der Waals surface area contributed by atoms with Gasteiger partial charge in [-0.25, -0.2) is 4.57 Å². The largest absolute Gasteiger partial charge is 0.472 e. The van der Waals surface area contributed by atoms with Gasteiger partial charge in [0.1, 0.15) is 13.2 Å². The third-order valence-corrected chi connectivity index (χ3v) is 3.77. The van der Waals surface area contributed by atoms with Gasteiger partial charge in [-0.3, -0.25) is 9.05 Å². The van der Waals surface area contributed by atoms with Crippen molar-refractivity contribution in [1.82, 2.24) is 0 Å². The summed E-state index contributed by atoms with van der Waals surface area (Å²) in [4.78, 5) is 9.44. The highest BCUT2D eigenvalue weighted by Gasteiger charge is 2.23. The van der Waals surface area contributed by atoms with Gasteiger partial charge >= 0.3 is 7.82 Å². The van der Waals surface area contributed by atoms with E-state index in [4.69, 9.17) is 13.8 Å². The maximum atomic E-state index is 11.5.